The lowest BCUT2D eigenvalue weighted by Gasteiger charge is -2.11. The SMILES string of the molecule is CC(C)C(=O)Nc1ccc(NC(=S)NC(=O)c2ccccc2)cc1. The van der Waals surface area contributed by atoms with Gasteiger partial charge in [-0.05, 0) is 48.6 Å². The van der Waals surface area contributed by atoms with E-state index in [-0.39, 0.29) is 22.8 Å². The maximum atomic E-state index is 12.0. The van der Waals surface area contributed by atoms with Gasteiger partial charge in [-0.2, -0.15) is 0 Å². The second-order valence-corrected chi connectivity index (χ2v) is 5.90. The lowest BCUT2D eigenvalue weighted by atomic mass is 10.2. The Labute approximate surface area is 146 Å². The molecule has 0 saturated heterocycles. The molecule has 0 unspecified atom stereocenters. The summed E-state index contributed by atoms with van der Waals surface area (Å²) in [6.45, 7) is 3.66. The van der Waals surface area contributed by atoms with E-state index in [2.05, 4.69) is 16.0 Å². The normalized spacial score (nSPS) is 10.1. The van der Waals surface area contributed by atoms with Crippen LogP contribution >= 0.6 is 12.2 Å². The second-order valence-electron chi connectivity index (χ2n) is 5.50. The summed E-state index contributed by atoms with van der Waals surface area (Å²) in [5.41, 5.74) is 1.96. The fourth-order valence-corrected chi connectivity index (χ4v) is 2.06. The van der Waals surface area contributed by atoms with Crippen molar-refractivity contribution in [2.75, 3.05) is 10.6 Å². The van der Waals surface area contributed by atoms with Crippen LogP contribution in [0.3, 0.4) is 0 Å². The molecule has 2 amide bonds. The van der Waals surface area contributed by atoms with Crippen LogP contribution in [0.25, 0.3) is 0 Å². The molecule has 0 aromatic heterocycles. The number of benzene rings is 2. The Morgan fingerprint density at radius 3 is 1.96 bits per heavy atom. The van der Waals surface area contributed by atoms with Gasteiger partial charge in [0.15, 0.2) is 5.11 Å². The predicted octanol–water partition coefficient (Wildman–Crippen LogP) is 3.41. The fourth-order valence-electron chi connectivity index (χ4n) is 1.85. The van der Waals surface area contributed by atoms with E-state index < -0.39 is 0 Å². The Morgan fingerprint density at radius 2 is 1.42 bits per heavy atom. The van der Waals surface area contributed by atoms with Crippen molar-refractivity contribution in [3.05, 3.63) is 60.2 Å². The van der Waals surface area contributed by atoms with Gasteiger partial charge in [0.05, 0.1) is 0 Å². The number of thiocarbonyl (C=S) groups is 1. The maximum Gasteiger partial charge on any atom is 0.257 e. The van der Waals surface area contributed by atoms with Gasteiger partial charge in [-0.1, -0.05) is 32.0 Å². The van der Waals surface area contributed by atoms with Crippen molar-refractivity contribution in [3.63, 3.8) is 0 Å². The molecule has 0 atom stereocenters. The molecular formula is C18H19N3O2S. The highest BCUT2D eigenvalue weighted by atomic mass is 32.1. The Morgan fingerprint density at radius 1 is 0.875 bits per heavy atom. The summed E-state index contributed by atoms with van der Waals surface area (Å²) in [5.74, 6) is -0.390. The molecule has 2 aromatic rings. The highest BCUT2D eigenvalue weighted by Gasteiger charge is 2.08. The maximum absolute atomic E-state index is 12.0. The molecule has 0 heterocycles. The van der Waals surface area contributed by atoms with E-state index >= 15 is 0 Å². The van der Waals surface area contributed by atoms with Gasteiger partial charge in [-0.25, -0.2) is 0 Å². The van der Waals surface area contributed by atoms with E-state index in [4.69, 9.17) is 12.2 Å². The van der Waals surface area contributed by atoms with Crippen molar-refractivity contribution in [2.45, 2.75) is 13.8 Å². The largest absolute Gasteiger partial charge is 0.332 e. The highest BCUT2D eigenvalue weighted by Crippen LogP contribution is 2.14. The smallest absolute Gasteiger partial charge is 0.257 e. The monoisotopic (exact) mass is 341 g/mol. The zero-order valence-corrected chi connectivity index (χ0v) is 14.3. The van der Waals surface area contributed by atoms with E-state index in [1.807, 2.05) is 19.9 Å². The molecule has 0 aliphatic heterocycles. The molecule has 0 saturated carbocycles. The van der Waals surface area contributed by atoms with Gasteiger partial charge in [-0.15, -0.1) is 0 Å². The first-order chi connectivity index (χ1) is 11.5. The van der Waals surface area contributed by atoms with E-state index in [1.54, 1.807) is 48.5 Å². The molecule has 6 heteroatoms. The van der Waals surface area contributed by atoms with Crippen molar-refractivity contribution in [1.29, 1.82) is 0 Å². The molecule has 3 N–H and O–H groups in total. The van der Waals surface area contributed by atoms with Crippen molar-refractivity contribution in [1.82, 2.24) is 5.32 Å². The lowest BCUT2D eigenvalue weighted by Crippen LogP contribution is -2.34. The predicted molar refractivity (Wildman–Crippen MR) is 100 cm³/mol. The number of anilines is 2. The number of rotatable bonds is 4. The summed E-state index contributed by atoms with van der Waals surface area (Å²) < 4.78 is 0. The van der Waals surface area contributed by atoms with Crippen molar-refractivity contribution in [2.24, 2.45) is 5.92 Å². The molecule has 124 valence electrons. The van der Waals surface area contributed by atoms with E-state index in [0.29, 0.717) is 11.3 Å². The van der Waals surface area contributed by atoms with Gasteiger partial charge in [0, 0.05) is 22.9 Å². The summed E-state index contributed by atoms with van der Waals surface area (Å²) in [5, 5.41) is 8.57. The molecule has 5 nitrogen and oxygen atoms in total. The van der Waals surface area contributed by atoms with Crippen LogP contribution in [0.2, 0.25) is 0 Å². The molecular weight excluding hydrogens is 322 g/mol. The van der Waals surface area contributed by atoms with Gasteiger partial charge >= 0.3 is 0 Å². The number of carbonyl (C=O) groups is 2. The van der Waals surface area contributed by atoms with E-state index in [1.165, 1.54) is 0 Å². The molecule has 2 rings (SSSR count). The summed E-state index contributed by atoms with van der Waals surface area (Å²) >= 11 is 5.14. The minimum absolute atomic E-state index is 0.0404. The Balaban J connectivity index is 1.90. The van der Waals surface area contributed by atoms with Crippen LogP contribution in [-0.2, 0) is 4.79 Å². The quantitative estimate of drug-likeness (QED) is 0.746. The number of hydrogen-bond donors (Lipinski definition) is 3. The number of amides is 2. The Kier molecular flexibility index (Phi) is 6.03. The van der Waals surface area contributed by atoms with Crippen LogP contribution in [0, 0.1) is 5.92 Å². The van der Waals surface area contributed by atoms with Crippen molar-refractivity contribution >= 4 is 40.5 Å². The third-order valence-electron chi connectivity index (χ3n) is 3.20. The van der Waals surface area contributed by atoms with Crippen LogP contribution < -0.4 is 16.0 Å². The third kappa shape index (κ3) is 5.17. The van der Waals surface area contributed by atoms with Crippen molar-refractivity contribution in [3.8, 4) is 0 Å². The average molecular weight is 341 g/mol. The minimum atomic E-state index is -0.270. The summed E-state index contributed by atoms with van der Waals surface area (Å²) in [4.78, 5) is 23.6. The first-order valence-electron chi connectivity index (χ1n) is 7.54. The first kappa shape index (κ1) is 17.6. The van der Waals surface area contributed by atoms with Crippen molar-refractivity contribution < 1.29 is 9.59 Å². The summed E-state index contributed by atoms with van der Waals surface area (Å²) in [6, 6.07) is 15.9. The van der Waals surface area contributed by atoms with Gasteiger partial charge in [0.2, 0.25) is 5.91 Å². The number of nitrogens with one attached hydrogen (secondary N) is 3. The van der Waals surface area contributed by atoms with Crippen LogP contribution in [0.1, 0.15) is 24.2 Å². The molecule has 2 aromatic carbocycles. The van der Waals surface area contributed by atoms with E-state index in [0.717, 1.165) is 5.69 Å². The molecule has 24 heavy (non-hydrogen) atoms. The Bertz CT molecular complexity index is 728. The number of hydrogen-bond acceptors (Lipinski definition) is 3. The summed E-state index contributed by atoms with van der Waals surface area (Å²) in [7, 11) is 0. The topological polar surface area (TPSA) is 70.2 Å². The molecule has 0 aliphatic carbocycles. The second kappa shape index (κ2) is 8.21. The van der Waals surface area contributed by atoms with Crippen LogP contribution in [0.4, 0.5) is 11.4 Å². The zero-order chi connectivity index (χ0) is 17.5. The third-order valence-corrected chi connectivity index (χ3v) is 3.40. The lowest BCUT2D eigenvalue weighted by molar-refractivity contribution is -0.118. The molecule has 0 fully saturated rings. The Hall–Kier alpha value is -2.73. The van der Waals surface area contributed by atoms with Gasteiger partial charge < -0.3 is 10.6 Å². The standard InChI is InChI=1S/C18H19N3O2S/c1-12(2)16(22)19-14-8-10-15(11-9-14)20-18(24)21-17(23)13-6-4-3-5-7-13/h3-12H,1-2H3,(H,19,22)(H2,20,21,23,24). The molecule has 0 radical (unpaired) electrons. The molecule has 0 spiro atoms. The van der Waals surface area contributed by atoms with Gasteiger partial charge in [-0.3, -0.25) is 14.9 Å². The van der Waals surface area contributed by atoms with E-state index in [9.17, 15) is 9.59 Å². The zero-order valence-electron chi connectivity index (χ0n) is 13.5. The van der Waals surface area contributed by atoms with Crippen LogP contribution in [0.5, 0.6) is 0 Å². The van der Waals surface area contributed by atoms with Crippen LogP contribution in [0.15, 0.2) is 54.6 Å². The van der Waals surface area contributed by atoms with Gasteiger partial charge in [0.1, 0.15) is 0 Å². The first-order valence-corrected chi connectivity index (χ1v) is 7.95. The van der Waals surface area contributed by atoms with Gasteiger partial charge in [0.25, 0.3) is 5.91 Å². The minimum Gasteiger partial charge on any atom is -0.332 e. The average Bonchev–Trinajstić information content (AvgIpc) is 2.57. The molecule has 0 aliphatic rings. The molecule has 0 bridgehead atoms. The number of carbonyl (C=O) groups excluding carboxylic acids is 2. The van der Waals surface area contributed by atoms with Crippen LogP contribution in [-0.4, -0.2) is 16.9 Å². The summed E-state index contributed by atoms with van der Waals surface area (Å²) in [6.07, 6.45) is 0. The highest BCUT2D eigenvalue weighted by molar-refractivity contribution is 7.80. The fraction of sp³-hybridized carbons (Fsp3) is 0.167.